The average molecular weight is 398 g/mol. The molecule has 1 aliphatic carbocycles. The monoisotopic (exact) mass is 397 g/mol. The van der Waals surface area contributed by atoms with Gasteiger partial charge in [-0.15, -0.1) is 0 Å². The first-order valence-corrected chi connectivity index (χ1v) is 8.38. The van der Waals surface area contributed by atoms with E-state index in [0.717, 1.165) is 16.7 Å². The van der Waals surface area contributed by atoms with Crippen LogP contribution in [0.3, 0.4) is 0 Å². The van der Waals surface area contributed by atoms with Crippen molar-refractivity contribution in [3.05, 3.63) is 63.4 Å². The van der Waals surface area contributed by atoms with Crippen molar-refractivity contribution >= 4 is 23.6 Å². The third-order valence-electron chi connectivity index (χ3n) is 4.06. The van der Waals surface area contributed by atoms with Crippen LogP contribution in [0.5, 0.6) is 5.75 Å². The number of halogens is 4. The number of methoxy groups -OCH3 is 1. The lowest BCUT2D eigenvalue weighted by atomic mass is 10.0. The molecule has 0 spiro atoms. The van der Waals surface area contributed by atoms with Crippen LogP contribution in [0.1, 0.15) is 27.2 Å². The van der Waals surface area contributed by atoms with Gasteiger partial charge in [0.2, 0.25) is 0 Å². The van der Waals surface area contributed by atoms with Gasteiger partial charge in [-0.2, -0.15) is 13.2 Å². The number of alkyl halides is 3. The van der Waals surface area contributed by atoms with Crippen LogP contribution in [0, 0.1) is 0 Å². The molecule has 0 N–H and O–H groups in total. The molecule has 0 saturated heterocycles. The van der Waals surface area contributed by atoms with Crippen LogP contribution in [-0.2, 0) is 17.6 Å². The average Bonchev–Trinajstić information content (AvgIpc) is 3.03. The van der Waals surface area contributed by atoms with Crippen LogP contribution < -0.4 is 4.74 Å². The number of ether oxygens (including phenoxy) is 2. The summed E-state index contributed by atoms with van der Waals surface area (Å²) in [5, 5.41) is 0.112. The minimum absolute atomic E-state index is 0.0176. The summed E-state index contributed by atoms with van der Waals surface area (Å²) in [6.45, 7) is -1.41. The lowest BCUT2D eigenvalue weighted by molar-refractivity contribution is -0.153. The van der Waals surface area contributed by atoms with E-state index in [9.17, 15) is 18.0 Å². The topological polar surface area (TPSA) is 48.4 Å². The minimum atomic E-state index is -4.44. The summed E-state index contributed by atoms with van der Waals surface area (Å²) in [6, 6.07) is 6.32. The highest BCUT2D eigenvalue weighted by Crippen LogP contribution is 2.32. The van der Waals surface area contributed by atoms with E-state index in [1.54, 1.807) is 12.1 Å². The Morgan fingerprint density at radius 1 is 1.30 bits per heavy atom. The Balaban J connectivity index is 1.76. The Labute approximate surface area is 158 Å². The van der Waals surface area contributed by atoms with Gasteiger partial charge in [0.1, 0.15) is 5.75 Å². The maximum atomic E-state index is 12.4. The van der Waals surface area contributed by atoms with Gasteiger partial charge in [0.05, 0.1) is 23.4 Å². The molecule has 0 amide bonds. The summed E-state index contributed by atoms with van der Waals surface area (Å²) in [5.74, 6) is -0.450. The lowest BCUT2D eigenvalue weighted by Gasteiger charge is -2.12. The molecule has 0 fully saturated rings. The molecule has 1 aliphatic rings. The number of benzene rings is 1. The molecule has 1 aromatic carbocycles. The molecular formula is C19H15ClF3NO3. The van der Waals surface area contributed by atoms with E-state index < -0.39 is 18.8 Å². The third kappa shape index (κ3) is 4.60. The second-order valence-corrected chi connectivity index (χ2v) is 6.45. The molecule has 1 aromatic heterocycles. The Morgan fingerprint density at radius 3 is 2.78 bits per heavy atom. The molecule has 27 heavy (non-hydrogen) atoms. The lowest BCUT2D eigenvalue weighted by Crippen LogP contribution is -2.19. The predicted molar refractivity (Wildman–Crippen MR) is 94.0 cm³/mol. The molecule has 1 heterocycles. The molecule has 4 nitrogen and oxygen atoms in total. The van der Waals surface area contributed by atoms with Crippen LogP contribution in [0.4, 0.5) is 13.2 Å². The van der Waals surface area contributed by atoms with Crippen LogP contribution in [0.15, 0.2) is 36.0 Å². The first-order chi connectivity index (χ1) is 12.8. The summed E-state index contributed by atoms with van der Waals surface area (Å²) >= 11 is 5.92. The third-order valence-corrected chi connectivity index (χ3v) is 4.37. The second-order valence-electron chi connectivity index (χ2n) is 6.04. The fourth-order valence-corrected chi connectivity index (χ4v) is 3.07. The van der Waals surface area contributed by atoms with Gasteiger partial charge in [-0.05, 0) is 48.2 Å². The van der Waals surface area contributed by atoms with Gasteiger partial charge in [0.25, 0.3) is 0 Å². The number of hydrogen-bond acceptors (Lipinski definition) is 4. The van der Waals surface area contributed by atoms with Crippen LogP contribution in [-0.4, -0.2) is 30.8 Å². The predicted octanol–water partition coefficient (Wildman–Crippen LogP) is 4.64. The zero-order valence-corrected chi connectivity index (χ0v) is 15.0. The number of carbonyl (C=O) groups is 1. The van der Waals surface area contributed by atoms with Gasteiger partial charge in [-0.25, -0.2) is 4.79 Å². The molecule has 0 unspecified atom stereocenters. The van der Waals surface area contributed by atoms with Gasteiger partial charge in [0, 0.05) is 6.20 Å². The zero-order chi connectivity index (χ0) is 19.6. The van der Waals surface area contributed by atoms with E-state index in [-0.39, 0.29) is 10.8 Å². The van der Waals surface area contributed by atoms with Crippen molar-refractivity contribution in [3.8, 4) is 5.75 Å². The van der Waals surface area contributed by atoms with Crippen molar-refractivity contribution in [1.82, 2.24) is 4.98 Å². The summed E-state index contributed by atoms with van der Waals surface area (Å²) in [6.07, 6.45) is -0.0566. The highest BCUT2D eigenvalue weighted by atomic mass is 35.5. The summed E-state index contributed by atoms with van der Waals surface area (Å²) in [4.78, 5) is 16.1. The van der Waals surface area contributed by atoms with Gasteiger partial charge < -0.3 is 9.47 Å². The van der Waals surface area contributed by atoms with Gasteiger partial charge in [0.15, 0.2) is 6.61 Å². The standard InChI is InChI=1S/C19H15ClF3NO3/c1-26-18(25)13-4-5-24-16-8-12(7-14(13)16)6-11-2-3-15(20)17(9-11)27-10-19(21,22)23/h2-5,8-9H,6-7,10H2,1H3. The largest absolute Gasteiger partial charge is 0.483 e. The first-order valence-electron chi connectivity index (χ1n) is 8.00. The number of allylic oxidation sites excluding steroid dienone is 1. The first kappa shape index (κ1) is 19.2. The molecule has 0 atom stereocenters. The quantitative estimate of drug-likeness (QED) is 0.689. The van der Waals surface area contributed by atoms with Crippen molar-refractivity contribution in [1.29, 1.82) is 0 Å². The number of esters is 1. The molecule has 0 aliphatic heterocycles. The SMILES string of the molecule is COC(=O)c1ccnc2c1CC(Cc1ccc(Cl)c(OCC(F)(F)F)c1)=C2. The second kappa shape index (κ2) is 7.60. The van der Waals surface area contributed by atoms with E-state index in [4.69, 9.17) is 21.1 Å². The van der Waals surface area contributed by atoms with Crippen molar-refractivity contribution < 1.29 is 27.4 Å². The van der Waals surface area contributed by atoms with E-state index >= 15 is 0 Å². The fourth-order valence-electron chi connectivity index (χ4n) is 2.90. The van der Waals surface area contributed by atoms with Gasteiger partial charge in [-0.1, -0.05) is 23.2 Å². The number of carbonyl (C=O) groups excluding carboxylic acids is 1. The number of rotatable bonds is 5. The molecular weight excluding hydrogens is 383 g/mol. The van der Waals surface area contributed by atoms with E-state index in [1.165, 1.54) is 25.4 Å². The normalized spacial score (nSPS) is 13.1. The van der Waals surface area contributed by atoms with Crippen LogP contribution in [0.2, 0.25) is 5.02 Å². The fraction of sp³-hybridized carbons (Fsp3) is 0.263. The Morgan fingerprint density at radius 2 is 2.07 bits per heavy atom. The van der Waals surface area contributed by atoms with Gasteiger partial charge in [-0.3, -0.25) is 4.98 Å². The van der Waals surface area contributed by atoms with Gasteiger partial charge >= 0.3 is 12.1 Å². The molecule has 2 aromatic rings. The van der Waals surface area contributed by atoms with Crippen molar-refractivity contribution in [3.63, 3.8) is 0 Å². The van der Waals surface area contributed by atoms with E-state index in [0.29, 0.717) is 24.1 Å². The van der Waals surface area contributed by atoms with Crippen molar-refractivity contribution in [2.24, 2.45) is 0 Å². The molecule has 0 saturated carbocycles. The highest BCUT2D eigenvalue weighted by molar-refractivity contribution is 6.32. The Bertz CT molecular complexity index is 910. The van der Waals surface area contributed by atoms with Crippen molar-refractivity contribution in [2.75, 3.05) is 13.7 Å². The summed E-state index contributed by atoms with van der Waals surface area (Å²) in [5.41, 5.74) is 3.64. The maximum absolute atomic E-state index is 12.4. The zero-order valence-electron chi connectivity index (χ0n) is 14.3. The molecule has 3 rings (SSSR count). The van der Waals surface area contributed by atoms with E-state index in [2.05, 4.69) is 4.98 Å². The number of fused-ring (bicyclic) bond motifs is 1. The molecule has 0 bridgehead atoms. The van der Waals surface area contributed by atoms with Crippen molar-refractivity contribution in [2.45, 2.75) is 19.0 Å². The summed E-state index contributed by atoms with van der Waals surface area (Å²) < 4.78 is 46.7. The van der Waals surface area contributed by atoms with Crippen LogP contribution >= 0.6 is 11.6 Å². The highest BCUT2D eigenvalue weighted by Gasteiger charge is 2.29. The Kier molecular flexibility index (Phi) is 5.41. The molecule has 0 radical (unpaired) electrons. The number of hydrogen-bond donors (Lipinski definition) is 0. The number of nitrogens with zero attached hydrogens (tertiary/aromatic N) is 1. The number of aromatic nitrogens is 1. The maximum Gasteiger partial charge on any atom is 0.422 e. The minimum Gasteiger partial charge on any atom is -0.483 e. The summed E-state index contributed by atoms with van der Waals surface area (Å²) in [7, 11) is 1.31. The smallest absolute Gasteiger partial charge is 0.422 e. The van der Waals surface area contributed by atoms with Crippen LogP contribution in [0.25, 0.3) is 6.08 Å². The molecule has 142 valence electrons. The number of pyridine rings is 1. The molecule has 8 heteroatoms. The van der Waals surface area contributed by atoms with E-state index in [1.807, 2.05) is 6.08 Å². The Hall–Kier alpha value is -2.54.